The summed E-state index contributed by atoms with van der Waals surface area (Å²) in [6, 6.07) is 9.68. The number of fused-ring (bicyclic) bond motifs is 1. The summed E-state index contributed by atoms with van der Waals surface area (Å²) in [7, 11) is 1.55. The van der Waals surface area contributed by atoms with Crippen LogP contribution >= 0.6 is 0 Å². The monoisotopic (exact) mass is 420 g/mol. The van der Waals surface area contributed by atoms with Crippen LogP contribution in [0.4, 0.5) is 0 Å². The highest BCUT2D eigenvalue weighted by atomic mass is 16.2. The standard InChI is InChI=1S/C22H24N6O3/c1-13(29)11-27-20(30)18-19(25(5)22(27)31)23-21(28-16(4)14(2)15(3)24-28)26(18)12-17-9-7-6-8-10-17/h6-10H,11-12H2,1-5H3. The van der Waals surface area contributed by atoms with E-state index in [1.165, 1.54) is 11.5 Å². The summed E-state index contributed by atoms with van der Waals surface area (Å²) in [5.41, 5.74) is 3.15. The maximum Gasteiger partial charge on any atom is 0.332 e. The van der Waals surface area contributed by atoms with E-state index in [1.807, 2.05) is 51.1 Å². The van der Waals surface area contributed by atoms with E-state index in [0.717, 1.165) is 27.1 Å². The molecule has 0 aliphatic carbocycles. The number of nitrogens with zero attached hydrogens (tertiary/aromatic N) is 6. The van der Waals surface area contributed by atoms with Gasteiger partial charge in [0.25, 0.3) is 5.56 Å². The molecule has 0 N–H and O–H groups in total. The van der Waals surface area contributed by atoms with Crippen molar-refractivity contribution < 1.29 is 4.79 Å². The van der Waals surface area contributed by atoms with Crippen LogP contribution in [0, 0.1) is 20.8 Å². The van der Waals surface area contributed by atoms with Gasteiger partial charge in [-0.1, -0.05) is 30.3 Å². The van der Waals surface area contributed by atoms with Gasteiger partial charge in [-0.25, -0.2) is 9.48 Å². The minimum Gasteiger partial charge on any atom is -0.298 e. The lowest BCUT2D eigenvalue weighted by molar-refractivity contribution is -0.117. The molecule has 4 rings (SSSR count). The fraction of sp³-hybridized carbons (Fsp3) is 0.318. The van der Waals surface area contributed by atoms with Crippen molar-refractivity contribution in [1.29, 1.82) is 0 Å². The Morgan fingerprint density at radius 1 is 1.03 bits per heavy atom. The molecule has 0 atom stereocenters. The first kappa shape index (κ1) is 20.5. The van der Waals surface area contributed by atoms with Crippen molar-refractivity contribution in [3.05, 3.63) is 73.7 Å². The average molecular weight is 420 g/mol. The number of carbonyl (C=O) groups is 1. The second kappa shape index (κ2) is 7.50. The van der Waals surface area contributed by atoms with Gasteiger partial charge >= 0.3 is 5.69 Å². The van der Waals surface area contributed by atoms with Gasteiger partial charge in [0, 0.05) is 12.7 Å². The van der Waals surface area contributed by atoms with E-state index >= 15 is 0 Å². The van der Waals surface area contributed by atoms with Gasteiger partial charge < -0.3 is 0 Å². The highest BCUT2D eigenvalue weighted by Crippen LogP contribution is 2.21. The van der Waals surface area contributed by atoms with Crippen LogP contribution < -0.4 is 11.2 Å². The van der Waals surface area contributed by atoms with E-state index in [0.29, 0.717) is 12.5 Å². The molecule has 3 aromatic heterocycles. The molecule has 9 heteroatoms. The number of hydrogen-bond donors (Lipinski definition) is 0. The summed E-state index contributed by atoms with van der Waals surface area (Å²) in [6.07, 6.45) is 0. The fourth-order valence-electron chi connectivity index (χ4n) is 3.71. The zero-order valence-electron chi connectivity index (χ0n) is 18.2. The Labute approximate surface area is 178 Å². The SMILES string of the molecule is CC(=O)Cn1c(=O)c2c(nc(-n3nc(C)c(C)c3C)n2Cc2ccccc2)n(C)c1=O. The number of rotatable bonds is 5. The molecule has 31 heavy (non-hydrogen) atoms. The Balaban J connectivity index is 2.11. The van der Waals surface area contributed by atoms with Gasteiger partial charge in [-0.15, -0.1) is 0 Å². The molecule has 9 nitrogen and oxygen atoms in total. The Hall–Kier alpha value is -3.75. The average Bonchev–Trinajstić information content (AvgIpc) is 3.23. The van der Waals surface area contributed by atoms with Crippen LogP contribution in [0.15, 0.2) is 39.9 Å². The number of ketones is 1. The molecule has 0 bridgehead atoms. The van der Waals surface area contributed by atoms with Crippen LogP contribution in [0.1, 0.15) is 29.4 Å². The molecular formula is C22H24N6O3. The molecule has 0 aliphatic heterocycles. The Bertz CT molecular complexity index is 1440. The van der Waals surface area contributed by atoms with E-state index in [4.69, 9.17) is 0 Å². The van der Waals surface area contributed by atoms with Crippen molar-refractivity contribution in [1.82, 2.24) is 28.5 Å². The molecule has 3 heterocycles. The molecule has 0 aliphatic rings. The van der Waals surface area contributed by atoms with Crippen LogP contribution in [0.25, 0.3) is 17.1 Å². The van der Waals surface area contributed by atoms with Crippen molar-refractivity contribution in [2.45, 2.75) is 40.8 Å². The van der Waals surface area contributed by atoms with Crippen molar-refractivity contribution in [2.75, 3.05) is 0 Å². The maximum atomic E-state index is 13.4. The zero-order chi connectivity index (χ0) is 22.4. The first-order valence-electron chi connectivity index (χ1n) is 9.97. The van der Waals surface area contributed by atoms with Crippen LogP contribution in [-0.4, -0.2) is 34.2 Å². The van der Waals surface area contributed by atoms with Crippen LogP contribution in [0.5, 0.6) is 0 Å². The van der Waals surface area contributed by atoms with E-state index in [-0.39, 0.29) is 23.5 Å². The summed E-state index contributed by atoms with van der Waals surface area (Å²) in [5.74, 6) is 0.169. The van der Waals surface area contributed by atoms with Gasteiger partial charge in [0.2, 0.25) is 5.95 Å². The molecule has 0 unspecified atom stereocenters. The third-order valence-corrected chi connectivity index (χ3v) is 5.62. The number of carbonyl (C=O) groups excluding carboxylic acids is 1. The van der Waals surface area contributed by atoms with Crippen molar-refractivity contribution in [2.24, 2.45) is 7.05 Å². The number of hydrogen-bond acceptors (Lipinski definition) is 5. The quantitative estimate of drug-likeness (QED) is 0.489. The molecule has 0 fully saturated rings. The normalized spacial score (nSPS) is 11.4. The molecule has 1 aromatic carbocycles. The first-order valence-corrected chi connectivity index (χ1v) is 9.97. The summed E-state index contributed by atoms with van der Waals surface area (Å²) >= 11 is 0. The van der Waals surface area contributed by atoms with Gasteiger partial charge in [0.05, 0.1) is 18.8 Å². The van der Waals surface area contributed by atoms with Gasteiger partial charge in [-0.05, 0) is 38.8 Å². The second-order valence-electron chi connectivity index (χ2n) is 7.80. The molecule has 0 radical (unpaired) electrons. The molecule has 0 saturated carbocycles. The third-order valence-electron chi connectivity index (χ3n) is 5.62. The highest BCUT2D eigenvalue weighted by Gasteiger charge is 2.23. The van der Waals surface area contributed by atoms with Crippen molar-refractivity contribution >= 4 is 16.9 Å². The minimum absolute atomic E-state index is 0.255. The lowest BCUT2D eigenvalue weighted by atomic mass is 10.2. The first-order chi connectivity index (χ1) is 14.7. The van der Waals surface area contributed by atoms with E-state index in [1.54, 1.807) is 16.3 Å². The van der Waals surface area contributed by atoms with Crippen LogP contribution in [-0.2, 0) is 24.9 Å². The Kier molecular flexibility index (Phi) is 4.96. The number of imidazole rings is 1. The van der Waals surface area contributed by atoms with Gasteiger partial charge in [-0.2, -0.15) is 10.1 Å². The topological polar surface area (TPSA) is 96.7 Å². The second-order valence-corrected chi connectivity index (χ2v) is 7.80. The number of benzene rings is 1. The van der Waals surface area contributed by atoms with Crippen LogP contribution in [0.2, 0.25) is 0 Å². The Morgan fingerprint density at radius 2 is 1.71 bits per heavy atom. The zero-order valence-corrected chi connectivity index (χ0v) is 18.2. The van der Waals surface area contributed by atoms with Crippen molar-refractivity contribution in [3.63, 3.8) is 0 Å². The largest absolute Gasteiger partial charge is 0.332 e. The van der Waals surface area contributed by atoms with Gasteiger partial charge in [-0.3, -0.25) is 23.3 Å². The predicted octanol–water partition coefficient (Wildman–Crippen LogP) is 1.64. The highest BCUT2D eigenvalue weighted by molar-refractivity contribution is 5.76. The van der Waals surface area contributed by atoms with E-state index in [2.05, 4.69) is 10.1 Å². The molecular weight excluding hydrogens is 396 g/mol. The van der Waals surface area contributed by atoms with Gasteiger partial charge in [0.15, 0.2) is 11.2 Å². The van der Waals surface area contributed by atoms with Crippen molar-refractivity contribution in [3.8, 4) is 5.95 Å². The molecule has 0 amide bonds. The lowest BCUT2D eigenvalue weighted by Crippen LogP contribution is -2.41. The van der Waals surface area contributed by atoms with Crippen LogP contribution in [0.3, 0.4) is 0 Å². The predicted molar refractivity (Wildman–Crippen MR) is 117 cm³/mol. The number of aryl methyl sites for hydroxylation is 2. The number of Topliss-reactive ketones (excluding diaryl/α,β-unsaturated/α-hetero) is 1. The minimum atomic E-state index is -0.576. The summed E-state index contributed by atoms with van der Waals surface area (Å²) in [4.78, 5) is 42.5. The van der Waals surface area contributed by atoms with E-state index in [9.17, 15) is 14.4 Å². The summed E-state index contributed by atoms with van der Waals surface area (Å²) in [6.45, 7) is 7.26. The summed E-state index contributed by atoms with van der Waals surface area (Å²) < 4.78 is 5.74. The smallest absolute Gasteiger partial charge is 0.298 e. The molecule has 0 spiro atoms. The Morgan fingerprint density at radius 3 is 2.29 bits per heavy atom. The number of aromatic nitrogens is 6. The third kappa shape index (κ3) is 3.31. The molecule has 0 saturated heterocycles. The molecule has 160 valence electrons. The van der Waals surface area contributed by atoms with E-state index < -0.39 is 11.2 Å². The van der Waals surface area contributed by atoms with Gasteiger partial charge in [0.1, 0.15) is 5.78 Å². The maximum absolute atomic E-state index is 13.4. The fourth-order valence-corrected chi connectivity index (χ4v) is 3.71. The summed E-state index contributed by atoms with van der Waals surface area (Å²) in [5, 5.41) is 4.61. The molecule has 4 aromatic rings. The lowest BCUT2D eigenvalue weighted by Gasteiger charge is -2.11.